The van der Waals surface area contributed by atoms with E-state index in [0.717, 1.165) is 0 Å². The average molecular weight is 418 g/mol. The van der Waals surface area contributed by atoms with Gasteiger partial charge in [-0.1, -0.05) is 12.1 Å². The van der Waals surface area contributed by atoms with Crippen molar-refractivity contribution in [3.63, 3.8) is 0 Å². The van der Waals surface area contributed by atoms with Gasteiger partial charge in [-0.15, -0.1) is 0 Å². The standard InChI is InChI=1S/C24H19FN2O4/c1-3-30-24(29)17-6-4-5-16(13-17)22-12-11-20(31-22)14-21-15(2)26-27(23(21)28)19-9-7-18(25)8-10-19/h4-14H,3H2,1-2H3. The number of nitrogens with zero attached hydrogens (tertiary/aromatic N) is 2. The van der Waals surface area contributed by atoms with Crippen LogP contribution in [-0.4, -0.2) is 24.2 Å². The fourth-order valence-electron chi connectivity index (χ4n) is 3.18. The van der Waals surface area contributed by atoms with E-state index in [1.54, 1.807) is 50.3 Å². The van der Waals surface area contributed by atoms with E-state index in [4.69, 9.17) is 9.15 Å². The van der Waals surface area contributed by atoms with Crippen LogP contribution in [0.3, 0.4) is 0 Å². The number of hydrogen-bond acceptors (Lipinski definition) is 5. The first-order chi connectivity index (χ1) is 15.0. The van der Waals surface area contributed by atoms with E-state index in [2.05, 4.69) is 5.10 Å². The Morgan fingerprint density at radius 1 is 1.16 bits per heavy atom. The molecule has 31 heavy (non-hydrogen) atoms. The Morgan fingerprint density at radius 3 is 2.68 bits per heavy atom. The zero-order chi connectivity index (χ0) is 22.0. The van der Waals surface area contributed by atoms with Gasteiger partial charge in [-0.2, -0.15) is 10.1 Å². The summed E-state index contributed by atoms with van der Waals surface area (Å²) in [6, 6.07) is 16.0. The summed E-state index contributed by atoms with van der Waals surface area (Å²) >= 11 is 0. The third-order valence-electron chi connectivity index (χ3n) is 4.71. The highest BCUT2D eigenvalue weighted by Gasteiger charge is 2.29. The Bertz CT molecular complexity index is 1210. The molecule has 0 atom stereocenters. The summed E-state index contributed by atoms with van der Waals surface area (Å²) in [5, 5.41) is 5.51. The molecule has 0 radical (unpaired) electrons. The third kappa shape index (κ3) is 4.16. The molecule has 4 rings (SSSR count). The summed E-state index contributed by atoms with van der Waals surface area (Å²) < 4.78 is 24.1. The van der Waals surface area contributed by atoms with Gasteiger partial charge in [-0.05, 0) is 68.5 Å². The molecule has 3 aromatic rings. The third-order valence-corrected chi connectivity index (χ3v) is 4.71. The highest BCUT2D eigenvalue weighted by molar-refractivity contribution is 6.32. The van der Waals surface area contributed by atoms with Crippen LogP contribution < -0.4 is 5.01 Å². The zero-order valence-corrected chi connectivity index (χ0v) is 17.0. The number of furan rings is 1. The summed E-state index contributed by atoms with van der Waals surface area (Å²) in [5.74, 6) is -0.0975. The molecule has 1 amide bonds. The van der Waals surface area contributed by atoms with Gasteiger partial charge in [0.1, 0.15) is 17.3 Å². The molecule has 0 aliphatic carbocycles. The molecular weight excluding hydrogens is 399 g/mol. The van der Waals surface area contributed by atoms with Crippen LogP contribution in [-0.2, 0) is 9.53 Å². The molecule has 0 unspecified atom stereocenters. The monoisotopic (exact) mass is 418 g/mol. The van der Waals surface area contributed by atoms with Gasteiger partial charge in [0.2, 0.25) is 0 Å². The minimum atomic E-state index is -0.400. The van der Waals surface area contributed by atoms with Crippen molar-refractivity contribution in [2.45, 2.75) is 13.8 Å². The molecular formula is C24H19FN2O4. The summed E-state index contributed by atoms with van der Waals surface area (Å²) in [6.07, 6.45) is 1.61. The Hall–Kier alpha value is -4.00. The topological polar surface area (TPSA) is 72.1 Å². The second-order valence-electron chi connectivity index (χ2n) is 6.84. The predicted molar refractivity (Wildman–Crippen MR) is 115 cm³/mol. The number of ether oxygens (including phenoxy) is 1. The van der Waals surface area contributed by atoms with E-state index in [1.807, 2.05) is 6.07 Å². The number of anilines is 1. The molecule has 0 fully saturated rings. The van der Waals surface area contributed by atoms with Crippen molar-refractivity contribution in [2.75, 3.05) is 11.6 Å². The van der Waals surface area contributed by atoms with Gasteiger partial charge >= 0.3 is 5.97 Å². The number of halogens is 1. The second-order valence-corrected chi connectivity index (χ2v) is 6.84. The molecule has 0 saturated carbocycles. The predicted octanol–water partition coefficient (Wildman–Crippen LogP) is 5.07. The number of esters is 1. The number of rotatable bonds is 5. The summed E-state index contributed by atoms with van der Waals surface area (Å²) in [6.45, 7) is 3.77. The quantitative estimate of drug-likeness (QED) is 0.428. The van der Waals surface area contributed by atoms with Crippen LogP contribution in [0.25, 0.3) is 17.4 Å². The van der Waals surface area contributed by atoms with Gasteiger partial charge in [0.25, 0.3) is 5.91 Å². The van der Waals surface area contributed by atoms with Crippen LogP contribution in [0.5, 0.6) is 0 Å². The van der Waals surface area contributed by atoms with Gasteiger partial charge in [0.15, 0.2) is 0 Å². The van der Waals surface area contributed by atoms with Crippen LogP contribution in [0.15, 0.2) is 75.8 Å². The van der Waals surface area contributed by atoms with Crippen LogP contribution in [0.4, 0.5) is 10.1 Å². The van der Waals surface area contributed by atoms with E-state index in [0.29, 0.717) is 46.2 Å². The normalized spacial score (nSPS) is 14.8. The minimum absolute atomic E-state index is 0.297. The van der Waals surface area contributed by atoms with Crippen molar-refractivity contribution in [1.29, 1.82) is 0 Å². The lowest BCUT2D eigenvalue weighted by Gasteiger charge is -2.11. The first-order valence-corrected chi connectivity index (χ1v) is 9.71. The van der Waals surface area contributed by atoms with E-state index in [1.165, 1.54) is 29.3 Å². The smallest absolute Gasteiger partial charge is 0.338 e. The Morgan fingerprint density at radius 2 is 1.94 bits per heavy atom. The molecule has 2 aromatic carbocycles. The Labute approximate surface area is 178 Å². The molecule has 0 bridgehead atoms. The SMILES string of the molecule is CCOC(=O)c1cccc(-c2ccc(C=C3C(=O)N(c4ccc(F)cc4)N=C3C)o2)c1. The van der Waals surface area contributed by atoms with E-state index >= 15 is 0 Å². The molecule has 0 saturated heterocycles. The first-order valence-electron chi connectivity index (χ1n) is 9.71. The molecule has 1 aliphatic heterocycles. The van der Waals surface area contributed by atoms with Crippen molar-refractivity contribution in [1.82, 2.24) is 0 Å². The van der Waals surface area contributed by atoms with E-state index in [9.17, 15) is 14.0 Å². The summed E-state index contributed by atoms with van der Waals surface area (Å²) in [4.78, 5) is 24.8. The van der Waals surface area contributed by atoms with Crippen molar-refractivity contribution >= 4 is 29.4 Å². The van der Waals surface area contributed by atoms with Gasteiger partial charge < -0.3 is 9.15 Å². The van der Waals surface area contributed by atoms with Crippen molar-refractivity contribution in [3.8, 4) is 11.3 Å². The molecule has 2 heterocycles. The summed E-state index contributed by atoms with van der Waals surface area (Å²) in [5.41, 5.74) is 2.53. The maximum absolute atomic E-state index is 13.2. The molecule has 0 spiro atoms. The van der Waals surface area contributed by atoms with Gasteiger partial charge in [0, 0.05) is 5.56 Å². The number of carbonyl (C=O) groups excluding carboxylic acids is 2. The Kier molecular flexibility index (Phi) is 5.49. The van der Waals surface area contributed by atoms with Crippen LogP contribution in [0.1, 0.15) is 30.0 Å². The summed E-state index contributed by atoms with van der Waals surface area (Å²) in [7, 11) is 0. The van der Waals surface area contributed by atoms with E-state index < -0.39 is 5.97 Å². The number of hydrazone groups is 1. The first kappa shape index (κ1) is 20.3. The Balaban J connectivity index is 1.58. The highest BCUT2D eigenvalue weighted by atomic mass is 19.1. The van der Waals surface area contributed by atoms with E-state index in [-0.39, 0.29) is 11.7 Å². The molecule has 7 heteroatoms. The maximum Gasteiger partial charge on any atom is 0.338 e. The van der Waals surface area contributed by atoms with Crippen LogP contribution in [0.2, 0.25) is 0 Å². The van der Waals surface area contributed by atoms with Crippen molar-refractivity contribution in [3.05, 3.63) is 83.4 Å². The minimum Gasteiger partial charge on any atom is -0.462 e. The zero-order valence-electron chi connectivity index (χ0n) is 17.0. The average Bonchev–Trinajstić information content (AvgIpc) is 3.35. The maximum atomic E-state index is 13.2. The van der Waals surface area contributed by atoms with Gasteiger partial charge in [0.05, 0.1) is 29.1 Å². The molecule has 1 aliphatic rings. The largest absolute Gasteiger partial charge is 0.462 e. The van der Waals surface area contributed by atoms with Crippen LogP contribution in [0, 0.1) is 5.82 Å². The fourth-order valence-corrected chi connectivity index (χ4v) is 3.18. The lowest BCUT2D eigenvalue weighted by atomic mass is 10.1. The number of carbonyl (C=O) groups is 2. The second kappa shape index (κ2) is 8.39. The number of benzene rings is 2. The number of hydrogen-bond donors (Lipinski definition) is 0. The molecule has 1 aromatic heterocycles. The fraction of sp³-hybridized carbons (Fsp3) is 0.125. The molecule has 6 nitrogen and oxygen atoms in total. The van der Waals surface area contributed by atoms with Gasteiger partial charge in [-0.3, -0.25) is 4.79 Å². The highest BCUT2D eigenvalue weighted by Crippen LogP contribution is 2.28. The van der Waals surface area contributed by atoms with Crippen molar-refractivity contribution < 1.29 is 23.1 Å². The lowest BCUT2D eigenvalue weighted by molar-refractivity contribution is -0.114. The van der Waals surface area contributed by atoms with Gasteiger partial charge in [-0.25, -0.2) is 9.18 Å². The number of amides is 1. The molecule has 156 valence electrons. The lowest BCUT2D eigenvalue weighted by Crippen LogP contribution is -2.21. The molecule has 0 N–H and O–H groups in total. The van der Waals surface area contributed by atoms with Crippen molar-refractivity contribution in [2.24, 2.45) is 5.10 Å². The van der Waals surface area contributed by atoms with Crippen LogP contribution >= 0.6 is 0 Å².